The van der Waals surface area contributed by atoms with E-state index in [-0.39, 0.29) is 28.5 Å². The fourth-order valence-corrected chi connectivity index (χ4v) is 2.76. The highest BCUT2D eigenvalue weighted by Crippen LogP contribution is 2.36. The summed E-state index contributed by atoms with van der Waals surface area (Å²) in [5, 5.41) is 10.8. The lowest BCUT2D eigenvalue weighted by molar-refractivity contribution is -0.386. The molecule has 2 rings (SSSR count). The number of nitro benzene ring substituents is 1. The van der Waals surface area contributed by atoms with Gasteiger partial charge in [0.2, 0.25) is 0 Å². The average Bonchev–Trinajstić information content (AvgIpc) is 2.30. The molecular weight excluding hydrogens is 309 g/mol. The highest BCUT2D eigenvalue weighted by atomic mass is 79.9. The summed E-state index contributed by atoms with van der Waals surface area (Å²) in [6.07, 6.45) is 0.269. The van der Waals surface area contributed by atoms with E-state index >= 15 is 0 Å². The largest absolute Gasteiger partial charge is 0.481 e. The first-order valence-corrected chi connectivity index (χ1v) is 6.22. The third-order valence-electron chi connectivity index (χ3n) is 2.85. The highest BCUT2D eigenvalue weighted by molar-refractivity contribution is 9.09. The van der Waals surface area contributed by atoms with Gasteiger partial charge in [-0.15, -0.1) is 0 Å². The van der Waals surface area contributed by atoms with Gasteiger partial charge in [0, 0.05) is 18.4 Å². The molecule has 3 unspecified atom stereocenters. The van der Waals surface area contributed by atoms with Gasteiger partial charge in [-0.2, -0.15) is 0 Å². The van der Waals surface area contributed by atoms with Crippen molar-refractivity contribution in [1.82, 2.24) is 0 Å². The minimum Gasteiger partial charge on any atom is -0.481 e. The number of benzene rings is 1. The van der Waals surface area contributed by atoms with Crippen LogP contribution < -0.4 is 4.74 Å². The van der Waals surface area contributed by atoms with E-state index in [0.717, 1.165) is 12.1 Å². The van der Waals surface area contributed by atoms with Crippen molar-refractivity contribution in [3.63, 3.8) is 0 Å². The number of halogens is 2. The first kappa shape index (κ1) is 13.2. The van der Waals surface area contributed by atoms with Gasteiger partial charge in [0.05, 0.1) is 11.0 Å². The van der Waals surface area contributed by atoms with E-state index < -0.39 is 10.7 Å². The molecule has 0 aliphatic heterocycles. The van der Waals surface area contributed by atoms with Crippen LogP contribution in [0, 0.1) is 15.9 Å². The Kier molecular flexibility index (Phi) is 3.82. The second-order valence-corrected chi connectivity index (χ2v) is 5.15. The fourth-order valence-electron chi connectivity index (χ4n) is 1.84. The van der Waals surface area contributed by atoms with Crippen molar-refractivity contribution in [1.29, 1.82) is 0 Å². The van der Waals surface area contributed by atoms with Crippen molar-refractivity contribution >= 4 is 21.6 Å². The smallest absolute Gasteiger partial charge is 0.313 e. The molecule has 18 heavy (non-hydrogen) atoms. The van der Waals surface area contributed by atoms with Crippen LogP contribution in [0.1, 0.15) is 6.42 Å². The van der Waals surface area contributed by atoms with E-state index in [4.69, 9.17) is 9.47 Å². The number of rotatable bonds is 4. The quantitative estimate of drug-likeness (QED) is 0.486. The molecule has 7 heteroatoms. The lowest BCUT2D eigenvalue weighted by atomic mass is 9.91. The molecule has 1 fully saturated rings. The zero-order valence-corrected chi connectivity index (χ0v) is 11.1. The molecule has 0 bridgehead atoms. The van der Waals surface area contributed by atoms with Gasteiger partial charge < -0.3 is 9.47 Å². The lowest BCUT2D eigenvalue weighted by Crippen LogP contribution is -2.51. The van der Waals surface area contributed by atoms with Crippen LogP contribution in [0.4, 0.5) is 10.1 Å². The van der Waals surface area contributed by atoms with E-state index in [0.29, 0.717) is 6.42 Å². The van der Waals surface area contributed by atoms with Crippen LogP contribution in [0.2, 0.25) is 0 Å². The second kappa shape index (κ2) is 5.19. The molecule has 0 radical (unpaired) electrons. The molecule has 1 aliphatic rings. The summed E-state index contributed by atoms with van der Waals surface area (Å²) in [6, 6.07) is 3.25. The van der Waals surface area contributed by atoms with Crippen LogP contribution in [0.5, 0.6) is 5.75 Å². The number of methoxy groups -OCH3 is 1. The van der Waals surface area contributed by atoms with E-state index in [2.05, 4.69) is 15.9 Å². The average molecular weight is 320 g/mol. The molecule has 5 nitrogen and oxygen atoms in total. The predicted octanol–water partition coefficient (Wildman–Crippen LogP) is 2.66. The molecule has 0 heterocycles. The van der Waals surface area contributed by atoms with Gasteiger partial charge in [-0.1, -0.05) is 15.9 Å². The molecule has 0 N–H and O–H groups in total. The topological polar surface area (TPSA) is 61.6 Å². The van der Waals surface area contributed by atoms with Gasteiger partial charge in [0.15, 0.2) is 5.75 Å². The maximum atomic E-state index is 13.0. The van der Waals surface area contributed by atoms with Crippen LogP contribution in [0.25, 0.3) is 0 Å². The minimum absolute atomic E-state index is 0.0628. The maximum Gasteiger partial charge on any atom is 0.313 e. The Balaban J connectivity index is 2.17. The van der Waals surface area contributed by atoms with Crippen molar-refractivity contribution in [2.24, 2.45) is 0 Å². The van der Waals surface area contributed by atoms with Gasteiger partial charge in [0.25, 0.3) is 0 Å². The Labute approximate surface area is 111 Å². The molecule has 0 aromatic heterocycles. The van der Waals surface area contributed by atoms with Crippen LogP contribution in [-0.4, -0.2) is 29.1 Å². The molecule has 1 aliphatic carbocycles. The van der Waals surface area contributed by atoms with Gasteiger partial charge in [-0.05, 0) is 12.1 Å². The van der Waals surface area contributed by atoms with Gasteiger partial charge >= 0.3 is 5.69 Å². The fraction of sp³-hybridized carbons (Fsp3) is 0.455. The summed E-state index contributed by atoms with van der Waals surface area (Å²) in [4.78, 5) is 10.3. The molecular formula is C11H11BrFNO4. The van der Waals surface area contributed by atoms with Gasteiger partial charge in [-0.25, -0.2) is 4.39 Å². The standard InChI is InChI=1S/C11H11BrFNO4/c1-17-11-7(12)5-10(11)18-9-3-2-6(13)4-8(9)14(15)16/h2-4,7,10-11H,5H2,1H3. The molecule has 3 atom stereocenters. The first-order chi connectivity index (χ1) is 8.52. The van der Waals surface area contributed by atoms with E-state index in [1.807, 2.05) is 0 Å². The van der Waals surface area contributed by atoms with E-state index in [9.17, 15) is 14.5 Å². The Hall–Kier alpha value is -1.21. The number of nitrogens with zero attached hydrogens (tertiary/aromatic N) is 1. The first-order valence-electron chi connectivity index (χ1n) is 5.30. The second-order valence-electron chi connectivity index (χ2n) is 3.98. The molecule has 1 aromatic carbocycles. The van der Waals surface area contributed by atoms with Gasteiger partial charge in [0.1, 0.15) is 18.0 Å². The molecule has 0 spiro atoms. The zero-order valence-electron chi connectivity index (χ0n) is 9.51. The van der Waals surface area contributed by atoms with E-state index in [1.54, 1.807) is 7.11 Å². The van der Waals surface area contributed by atoms with Crippen molar-refractivity contribution in [3.05, 3.63) is 34.1 Å². The number of ether oxygens (including phenoxy) is 2. The van der Waals surface area contributed by atoms with Crippen LogP contribution in [0.3, 0.4) is 0 Å². The zero-order chi connectivity index (χ0) is 13.3. The summed E-state index contributed by atoms with van der Waals surface area (Å²) in [5.74, 6) is -0.600. The Morgan fingerprint density at radius 2 is 2.28 bits per heavy atom. The molecule has 0 amide bonds. The van der Waals surface area contributed by atoms with Crippen molar-refractivity contribution in [2.75, 3.05) is 7.11 Å². The number of hydrogen-bond acceptors (Lipinski definition) is 4. The molecule has 0 saturated heterocycles. The third kappa shape index (κ3) is 2.46. The molecule has 1 saturated carbocycles. The number of alkyl halides is 1. The molecule has 98 valence electrons. The van der Waals surface area contributed by atoms with Crippen LogP contribution in [-0.2, 0) is 4.74 Å². The summed E-state index contributed by atoms with van der Waals surface area (Å²) in [7, 11) is 1.55. The normalized spacial score (nSPS) is 26.5. The third-order valence-corrected chi connectivity index (χ3v) is 3.74. The lowest BCUT2D eigenvalue weighted by Gasteiger charge is -2.39. The summed E-state index contributed by atoms with van der Waals surface area (Å²) >= 11 is 3.40. The summed E-state index contributed by atoms with van der Waals surface area (Å²) < 4.78 is 23.7. The van der Waals surface area contributed by atoms with E-state index in [1.165, 1.54) is 6.07 Å². The number of nitro groups is 1. The molecule has 1 aromatic rings. The Bertz CT molecular complexity index is 470. The maximum absolute atomic E-state index is 13.0. The Morgan fingerprint density at radius 3 is 2.83 bits per heavy atom. The Morgan fingerprint density at radius 1 is 1.56 bits per heavy atom. The van der Waals surface area contributed by atoms with Gasteiger partial charge in [-0.3, -0.25) is 10.1 Å². The predicted molar refractivity (Wildman–Crippen MR) is 65.6 cm³/mol. The van der Waals surface area contributed by atoms with Crippen molar-refractivity contribution < 1.29 is 18.8 Å². The highest BCUT2D eigenvalue weighted by Gasteiger charge is 2.42. The SMILES string of the molecule is COC1C(Br)CC1Oc1ccc(F)cc1[N+](=O)[O-]. The van der Waals surface area contributed by atoms with Crippen LogP contribution in [0.15, 0.2) is 18.2 Å². The number of hydrogen-bond donors (Lipinski definition) is 0. The monoisotopic (exact) mass is 319 g/mol. The summed E-state index contributed by atoms with van der Waals surface area (Å²) in [5.41, 5.74) is -0.372. The van der Waals surface area contributed by atoms with Crippen molar-refractivity contribution in [2.45, 2.75) is 23.5 Å². The minimum atomic E-state index is -0.663. The van der Waals surface area contributed by atoms with Crippen molar-refractivity contribution in [3.8, 4) is 5.75 Å². The summed E-state index contributed by atoms with van der Waals surface area (Å²) in [6.45, 7) is 0. The van der Waals surface area contributed by atoms with Crippen LogP contribution >= 0.6 is 15.9 Å².